The zero-order valence-electron chi connectivity index (χ0n) is 20.4. The Morgan fingerprint density at radius 3 is 2.32 bits per heavy atom. The highest BCUT2D eigenvalue weighted by atomic mass is 16.4. The lowest BCUT2D eigenvalue weighted by Gasteiger charge is -2.23. The minimum Gasteiger partial charge on any atom is -0.480 e. The van der Waals surface area contributed by atoms with Gasteiger partial charge in [0.2, 0.25) is 11.8 Å². The summed E-state index contributed by atoms with van der Waals surface area (Å²) >= 11 is 0. The number of nitrogens with two attached hydrogens (primary N) is 2. The summed E-state index contributed by atoms with van der Waals surface area (Å²) in [6, 6.07) is 13.4. The number of carbonyl (C=O) groups excluding carboxylic acids is 2. The molecule has 0 aliphatic rings. The van der Waals surface area contributed by atoms with Crippen molar-refractivity contribution in [3.63, 3.8) is 0 Å². The third-order valence-corrected chi connectivity index (χ3v) is 5.97. The molecule has 0 aliphatic carbocycles. The van der Waals surface area contributed by atoms with Gasteiger partial charge in [-0.2, -0.15) is 0 Å². The monoisotopic (exact) mass is 507 g/mol. The first kappa shape index (κ1) is 27.2. The van der Waals surface area contributed by atoms with Gasteiger partial charge in [0.05, 0.1) is 6.04 Å². The molecule has 0 spiro atoms. The summed E-state index contributed by atoms with van der Waals surface area (Å²) in [5, 5.41) is 25.7. The number of hydrogen-bond acceptors (Lipinski definition) is 5. The Balaban J connectivity index is 1.74. The van der Waals surface area contributed by atoms with E-state index in [1.54, 1.807) is 30.5 Å². The zero-order valence-corrected chi connectivity index (χ0v) is 20.4. The van der Waals surface area contributed by atoms with Crippen LogP contribution in [0.5, 0.6) is 0 Å². The van der Waals surface area contributed by atoms with Gasteiger partial charge in [0, 0.05) is 36.5 Å². The molecule has 3 atom stereocenters. The number of nitrogens with one attached hydrogen (secondary N) is 5. The average Bonchev–Trinajstić information content (AvgIpc) is 3.28. The van der Waals surface area contributed by atoms with E-state index in [1.165, 1.54) is 0 Å². The second kappa shape index (κ2) is 13.1. The van der Waals surface area contributed by atoms with Crippen LogP contribution < -0.4 is 27.4 Å². The van der Waals surface area contributed by atoms with Gasteiger partial charge in [0.25, 0.3) is 0 Å². The summed E-state index contributed by atoms with van der Waals surface area (Å²) in [4.78, 5) is 41.2. The fourth-order valence-corrected chi connectivity index (χ4v) is 4.01. The van der Waals surface area contributed by atoms with Crippen molar-refractivity contribution in [2.45, 2.75) is 43.8 Å². The molecule has 2 aromatic carbocycles. The van der Waals surface area contributed by atoms with E-state index in [4.69, 9.17) is 16.9 Å². The molecule has 3 rings (SSSR count). The molecule has 196 valence electrons. The molecule has 10 N–H and O–H groups in total. The number of para-hydroxylation sites is 1. The number of fused-ring (bicyclic) bond motifs is 1. The molecule has 0 unspecified atom stereocenters. The highest BCUT2D eigenvalue weighted by Crippen LogP contribution is 2.19. The van der Waals surface area contributed by atoms with Crippen LogP contribution in [0, 0.1) is 5.41 Å². The van der Waals surface area contributed by atoms with Gasteiger partial charge in [-0.3, -0.25) is 15.0 Å². The maximum atomic E-state index is 13.3. The van der Waals surface area contributed by atoms with Crippen molar-refractivity contribution in [2.75, 3.05) is 6.54 Å². The number of carbonyl (C=O) groups is 3. The number of carboxylic acids is 1. The standard InChI is InChI=1S/C26H33N7O4/c27-19(10-6-12-30-26(28)29)23(34)32-21(14-17-15-31-20-11-5-4-9-18(17)20)24(35)33-22(25(36)37)13-16-7-2-1-3-8-16/h1-5,7-9,11,15,19,21-22,31H,6,10,12-14,27H2,(H,32,34)(H,33,35)(H,36,37)(H4,28,29,30)/t19-,21-,22-/m0/s1. The van der Waals surface area contributed by atoms with Crippen LogP contribution >= 0.6 is 0 Å². The predicted molar refractivity (Wildman–Crippen MR) is 141 cm³/mol. The molecule has 0 radical (unpaired) electrons. The number of amides is 2. The summed E-state index contributed by atoms with van der Waals surface area (Å²) in [7, 11) is 0. The van der Waals surface area contributed by atoms with Crippen LogP contribution in [0.2, 0.25) is 0 Å². The Labute approximate surface area is 214 Å². The van der Waals surface area contributed by atoms with Crippen LogP contribution in [-0.4, -0.2) is 58.5 Å². The third kappa shape index (κ3) is 8.07. The molecule has 0 saturated carbocycles. The van der Waals surface area contributed by atoms with E-state index in [-0.39, 0.29) is 18.8 Å². The number of rotatable bonds is 13. The van der Waals surface area contributed by atoms with Crippen molar-refractivity contribution >= 4 is 34.6 Å². The lowest BCUT2D eigenvalue weighted by Crippen LogP contribution is -2.55. The molecule has 3 aromatic rings. The van der Waals surface area contributed by atoms with Crippen LogP contribution in [-0.2, 0) is 27.2 Å². The predicted octanol–water partition coefficient (Wildman–Crippen LogP) is 0.598. The maximum absolute atomic E-state index is 13.3. The molecule has 1 heterocycles. The topological polar surface area (TPSA) is 199 Å². The van der Waals surface area contributed by atoms with Crippen molar-refractivity contribution < 1.29 is 19.5 Å². The Morgan fingerprint density at radius 2 is 1.62 bits per heavy atom. The maximum Gasteiger partial charge on any atom is 0.326 e. The van der Waals surface area contributed by atoms with Crippen molar-refractivity contribution in [1.82, 2.24) is 20.9 Å². The van der Waals surface area contributed by atoms with E-state index in [2.05, 4.69) is 20.9 Å². The molecule has 1 aromatic heterocycles. The zero-order chi connectivity index (χ0) is 26.8. The van der Waals surface area contributed by atoms with Gasteiger partial charge in [0.15, 0.2) is 5.96 Å². The smallest absolute Gasteiger partial charge is 0.326 e. The molecule has 0 fully saturated rings. The van der Waals surface area contributed by atoms with E-state index in [0.717, 1.165) is 22.0 Å². The molecule has 2 amide bonds. The number of hydrogen-bond donors (Lipinski definition) is 8. The number of guanidine groups is 1. The molecule has 0 saturated heterocycles. The van der Waals surface area contributed by atoms with E-state index in [0.29, 0.717) is 19.4 Å². The van der Waals surface area contributed by atoms with E-state index >= 15 is 0 Å². The highest BCUT2D eigenvalue weighted by Gasteiger charge is 2.29. The fourth-order valence-electron chi connectivity index (χ4n) is 4.01. The van der Waals surface area contributed by atoms with Crippen molar-refractivity contribution in [1.29, 1.82) is 5.41 Å². The van der Waals surface area contributed by atoms with Gasteiger partial charge in [-0.1, -0.05) is 48.5 Å². The van der Waals surface area contributed by atoms with Crippen LogP contribution in [0.1, 0.15) is 24.0 Å². The quantitative estimate of drug-likeness (QED) is 0.0940. The molecule has 11 nitrogen and oxygen atoms in total. The van der Waals surface area contributed by atoms with Crippen LogP contribution in [0.15, 0.2) is 60.8 Å². The van der Waals surface area contributed by atoms with Crippen LogP contribution in [0.25, 0.3) is 10.9 Å². The second-order valence-electron chi connectivity index (χ2n) is 8.80. The Hall–Kier alpha value is -4.38. The van der Waals surface area contributed by atoms with Crippen LogP contribution in [0.4, 0.5) is 0 Å². The largest absolute Gasteiger partial charge is 0.480 e. The summed E-state index contributed by atoms with van der Waals surface area (Å²) in [5.41, 5.74) is 13.7. The summed E-state index contributed by atoms with van der Waals surface area (Å²) in [5.74, 6) is -2.49. The molecule has 0 bridgehead atoms. The number of benzene rings is 2. The van der Waals surface area contributed by atoms with Crippen LogP contribution in [0.3, 0.4) is 0 Å². The number of aromatic amines is 1. The minimum absolute atomic E-state index is 0.0956. The summed E-state index contributed by atoms with van der Waals surface area (Å²) in [6.07, 6.45) is 2.80. The lowest BCUT2D eigenvalue weighted by atomic mass is 10.0. The van der Waals surface area contributed by atoms with Crippen molar-refractivity contribution in [2.24, 2.45) is 11.5 Å². The molecular weight excluding hydrogens is 474 g/mol. The van der Waals surface area contributed by atoms with E-state index in [1.807, 2.05) is 30.3 Å². The number of carboxylic acid groups (broad SMARTS) is 1. The van der Waals surface area contributed by atoms with E-state index in [9.17, 15) is 19.5 Å². The third-order valence-electron chi connectivity index (χ3n) is 5.97. The Bertz CT molecular complexity index is 1230. The van der Waals surface area contributed by atoms with Gasteiger partial charge in [-0.25, -0.2) is 4.79 Å². The van der Waals surface area contributed by atoms with Gasteiger partial charge < -0.3 is 37.5 Å². The van der Waals surface area contributed by atoms with Gasteiger partial charge in [-0.15, -0.1) is 0 Å². The molecule has 11 heteroatoms. The Morgan fingerprint density at radius 1 is 0.946 bits per heavy atom. The first-order valence-electron chi connectivity index (χ1n) is 12.0. The molecule has 0 aliphatic heterocycles. The summed E-state index contributed by atoms with van der Waals surface area (Å²) < 4.78 is 0. The van der Waals surface area contributed by atoms with Crippen molar-refractivity contribution in [3.05, 3.63) is 71.9 Å². The number of aliphatic carboxylic acids is 1. The first-order valence-corrected chi connectivity index (χ1v) is 12.0. The van der Waals surface area contributed by atoms with E-state index < -0.39 is 35.9 Å². The molecular formula is C26H33N7O4. The number of aromatic nitrogens is 1. The number of H-pyrrole nitrogens is 1. The van der Waals surface area contributed by atoms with Gasteiger partial charge in [-0.05, 0) is 30.0 Å². The lowest BCUT2D eigenvalue weighted by molar-refractivity contribution is -0.142. The second-order valence-corrected chi connectivity index (χ2v) is 8.80. The summed E-state index contributed by atoms with van der Waals surface area (Å²) in [6.45, 7) is 0.384. The van der Waals surface area contributed by atoms with Crippen molar-refractivity contribution in [3.8, 4) is 0 Å². The Kier molecular flexibility index (Phi) is 9.61. The van der Waals surface area contributed by atoms with Gasteiger partial charge in [0.1, 0.15) is 12.1 Å². The normalized spacial score (nSPS) is 13.3. The van der Waals surface area contributed by atoms with Gasteiger partial charge >= 0.3 is 5.97 Å². The highest BCUT2D eigenvalue weighted by molar-refractivity contribution is 5.93. The SMILES string of the molecule is N=C(N)NCCC[C@H](N)C(=O)N[C@@H](Cc1c[nH]c2ccccc12)C(=O)N[C@@H](Cc1ccccc1)C(=O)O. The minimum atomic E-state index is -1.18. The fraction of sp³-hybridized carbons (Fsp3) is 0.308. The molecule has 37 heavy (non-hydrogen) atoms. The first-order chi connectivity index (χ1) is 17.7. The average molecular weight is 508 g/mol.